The summed E-state index contributed by atoms with van der Waals surface area (Å²) in [6.45, 7) is 0.517. The number of rotatable bonds is 10. The van der Waals surface area contributed by atoms with E-state index in [1.165, 1.54) is 16.7 Å². The Morgan fingerprint density at radius 3 is 2.41 bits per heavy atom. The summed E-state index contributed by atoms with van der Waals surface area (Å²) < 4.78 is 7.90. The lowest BCUT2D eigenvalue weighted by Gasteiger charge is -2.14. The van der Waals surface area contributed by atoms with Crippen LogP contribution in [-0.4, -0.2) is 27.1 Å². The van der Waals surface area contributed by atoms with Gasteiger partial charge in [-0.05, 0) is 30.2 Å². The molecule has 0 aliphatic rings. The van der Waals surface area contributed by atoms with Crippen LogP contribution in [0.1, 0.15) is 24.0 Å². The Balaban J connectivity index is 1.51. The van der Waals surface area contributed by atoms with Crippen molar-refractivity contribution in [1.29, 1.82) is 0 Å². The molecule has 190 valence electrons. The Morgan fingerprint density at radius 1 is 0.973 bits per heavy atom. The van der Waals surface area contributed by atoms with Gasteiger partial charge in [0.1, 0.15) is 5.75 Å². The molecule has 0 aliphatic heterocycles. The average molecular weight is 503 g/mol. The predicted molar refractivity (Wildman–Crippen MR) is 139 cm³/mol. The molecule has 1 aromatic heterocycles. The van der Waals surface area contributed by atoms with Crippen molar-refractivity contribution < 1.29 is 14.5 Å². The normalized spacial score (nSPS) is 10.8. The molecule has 0 aliphatic carbocycles. The summed E-state index contributed by atoms with van der Waals surface area (Å²) in [5.41, 5.74) is 1.03. The first kappa shape index (κ1) is 25.4. The van der Waals surface area contributed by atoms with Gasteiger partial charge in [0, 0.05) is 37.2 Å². The summed E-state index contributed by atoms with van der Waals surface area (Å²) in [4.78, 5) is 49.3. The standard InChI is InChI=1S/C27H26N4O6/c1-37-24-10-5-2-7-20(24)17-28-25(32)11-6-16-29-26(33)22-8-3-4-9-23(22)30(27(29)34)18-19-12-14-21(15-13-19)31(35)36/h2-5,7-10,12-15H,6,11,16-18H2,1H3,(H,28,32). The van der Waals surface area contributed by atoms with Crippen molar-refractivity contribution in [3.05, 3.63) is 115 Å². The zero-order valence-corrected chi connectivity index (χ0v) is 20.3. The lowest BCUT2D eigenvalue weighted by Crippen LogP contribution is -2.40. The maximum atomic E-state index is 13.3. The Kier molecular flexibility index (Phi) is 7.77. The van der Waals surface area contributed by atoms with Gasteiger partial charge >= 0.3 is 5.69 Å². The van der Waals surface area contributed by atoms with E-state index >= 15 is 0 Å². The van der Waals surface area contributed by atoms with Gasteiger partial charge in [0.05, 0.1) is 29.5 Å². The van der Waals surface area contributed by atoms with Crippen LogP contribution < -0.4 is 21.3 Å². The van der Waals surface area contributed by atoms with Gasteiger partial charge in [-0.1, -0.05) is 42.5 Å². The smallest absolute Gasteiger partial charge is 0.331 e. The summed E-state index contributed by atoms with van der Waals surface area (Å²) >= 11 is 0. The van der Waals surface area contributed by atoms with E-state index < -0.39 is 16.2 Å². The van der Waals surface area contributed by atoms with E-state index in [4.69, 9.17) is 4.74 Å². The second kappa shape index (κ2) is 11.3. The van der Waals surface area contributed by atoms with Crippen LogP contribution in [0.15, 0.2) is 82.4 Å². The fraction of sp³-hybridized carbons (Fsp3) is 0.222. The van der Waals surface area contributed by atoms with Crippen LogP contribution in [0.2, 0.25) is 0 Å². The molecule has 10 heteroatoms. The molecule has 10 nitrogen and oxygen atoms in total. The number of benzene rings is 3. The number of methoxy groups -OCH3 is 1. The van der Waals surface area contributed by atoms with Crippen molar-refractivity contribution in [3.8, 4) is 5.75 Å². The Morgan fingerprint density at radius 2 is 1.68 bits per heavy atom. The van der Waals surface area contributed by atoms with Crippen LogP contribution in [0.3, 0.4) is 0 Å². The zero-order chi connectivity index (χ0) is 26.4. The highest BCUT2D eigenvalue weighted by atomic mass is 16.6. The Hall–Kier alpha value is -4.73. The van der Waals surface area contributed by atoms with Gasteiger partial charge < -0.3 is 10.1 Å². The SMILES string of the molecule is COc1ccccc1CNC(=O)CCCn1c(=O)c2ccccc2n(Cc2ccc([N+](=O)[O-])cc2)c1=O. The van der Waals surface area contributed by atoms with Crippen molar-refractivity contribution in [2.45, 2.75) is 32.5 Å². The summed E-state index contributed by atoms with van der Waals surface area (Å²) in [6, 6.07) is 20.1. The molecule has 0 fully saturated rings. The van der Waals surface area contributed by atoms with Gasteiger partial charge in [-0.15, -0.1) is 0 Å². The summed E-state index contributed by atoms with van der Waals surface area (Å²) in [6.07, 6.45) is 0.430. The Labute approximate surface area is 211 Å². The lowest BCUT2D eigenvalue weighted by molar-refractivity contribution is -0.384. The molecule has 0 saturated heterocycles. The highest BCUT2D eigenvalue weighted by Gasteiger charge is 2.14. The van der Waals surface area contributed by atoms with Gasteiger partial charge in [-0.3, -0.25) is 28.8 Å². The number of hydrogen-bond acceptors (Lipinski definition) is 6. The molecule has 0 radical (unpaired) electrons. The van der Waals surface area contributed by atoms with Crippen molar-refractivity contribution >= 4 is 22.5 Å². The number of fused-ring (bicyclic) bond motifs is 1. The number of carbonyl (C=O) groups is 1. The highest BCUT2D eigenvalue weighted by Crippen LogP contribution is 2.17. The maximum absolute atomic E-state index is 13.3. The number of nitro benzene ring substituents is 1. The predicted octanol–water partition coefficient (Wildman–Crippen LogP) is 3.22. The van der Waals surface area contributed by atoms with Crippen LogP contribution in [0, 0.1) is 10.1 Å². The monoisotopic (exact) mass is 502 g/mol. The number of ether oxygens (including phenoxy) is 1. The second-order valence-electron chi connectivity index (χ2n) is 8.46. The van der Waals surface area contributed by atoms with Crippen LogP contribution in [0.4, 0.5) is 5.69 Å². The number of nitrogens with one attached hydrogen (secondary N) is 1. The van der Waals surface area contributed by atoms with E-state index in [0.717, 1.165) is 10.1 Å². The molecule has 0 atom stereocenters. The molecule has 4 aromatic rings. The molecule has 1 heterocycles. The van der Waals surface area contributed by atoms with Crippen LogP contribution in [0.25, 0.3) is 10.9 Å². The van der Waals surface area contributed by atoms with Crippen molar-refractivity contribution in [3.63, 3.8) is 0 Å². The summed E-state index contributed by atoms with van der Waals surface area (Å²) in [5.74, 6) is 0.477. The maximum Gasteiger partial charge on any atom is 0.331 e. The van der Waals surface area contributed by atoms with Crippen molar-refractivity contribution in [2.75, 3.05) is 7.11 Å². The summed E-state index contributed by atoms with van der Waals surface area (Å²) in [7, 11) is 1.57. The van der Waals surface area contributed by atoms with Crippen LogP contribution >= 0.6 is 0 Å². The molecule has 0 unspecified atom stereocenters. The minimum Gasteiger partial charge on any atom is -0.496 e. The topological polar surface area (TPSA) is 125 Å². The largest absolute Gasteiger partial charge is 0.496 e. The van der Waals surface area contributed by atoms with E-state index in [2.05, 4.69) is 5.32 Å². The first-order valence-corrected chi connectivity index (χ1v) is 11.7. The highest BCUT2D eigenvalue weighted by molar-refractivity contribution is 5.78. The summed E-state index contributed by atoms with van der Waals surface area (Å²) in [5, 5.41) is 14.2. The van der Waals surface area contributed by atoms with E-state index in [-0.39, 0.29) is 31.1 Å². The number of aromatic nitrogens is 2. The van der Waals surface area contributed by atoms with Gasteiger partial charge in [0.2, 0.25) is 5.91 Å². The second-order valence-corrected chi connectivity index (χ2v) is 8.46. The van der Waals surface area contributed by atoms with E-state index in [0.29, 0.717) is 35.2 Å². The van der Waals surface area contributed by atoms with Gasteiger partial charge in [0.15, 0.2) is 0 Å². The number of para-hydroxylation sites is 2. The molecule has 37 heavy (non-hydrogen) atoms. The number of nitro groups is 1. The third-order valence-corrected chi connectivity index (χ3v) is 6.07. The third-order valence-electron chi connectivity index (χ3n) is 6.07. The molecule has 4 rings (SSSR count). The van der Waals surface area contributed by atoms with E-state index in [9.17, 15) is 24.5 Å². The van der Waals surface area contributed by atoms with Gasteiger partial charge in [0.25, 0.3) is 11.2 Å². The van der Waals surface area contributed by atoms with Crippen LogP contribution in [0.5, 0.6) is 5.75 Å². The zero-order valence-electron chi connectivity index (χ0n) is 20.3. The Bertz CT molecular complexity index is 1560. The molecule has 1 N–H and O–H groups in total. The number of amides is 1. The first-order chi connectivity index (χ1) is 17.9. The average Bonchev–Trinajstić information content (AvgIpc) is 2.92. The van der Waals surface area contributed by atoms with E-state index in [1.807, 2.05) is 24.3 Å². The quantitative estimate of drug-likeness (QED) is 0.262. The minimum absolute atomic E-state index is 0.0464. The molecule has 0 bridgehead atoms. The van der Waals surface area contributed by atoms with E-state index in [1.54, 1.807) is 43.5 Å². The lowest BCUT2D eigenvalue weighted by atomic mass is 10.2. The fourth-order valence-electron chi connectivity index (χ4n) is 4.16. The fourth-order valence-corrected chi connectivity index (χ4v) is 4.16. The minimum atomic E-state index is -0.503. The number of hydrogen-bond donors (Lipinski definition) is 1. The van der Waals surface area contributed by atoms with Crippen molar-refractivity contribution in [1.82, 2.24) is 14.5 Å². The number of carbonyl (C=O) groups excluding carboxylic acids is 1. The number of nitrogens with zero attached hydrogens (tertiary/aromatic N) is 3. The molecule has 3 aromatic carbocycles. The van der Waals surface area contributed by atoms with Crippen molar-refractivity contribution in [2.24, 2.45) is 0 Å². The number of non-ortho nitro benzene ring substituents is 1. The third kappa shape index (κ3) is 5.75. The van der Waals surface area contributed by atoms with Gasteiger partial charge in [-0.25, -0.2) is 4.79 Å². The van der Waals surface area contributed by atoms with Gasteiger partial charge in [-0.2, -0.15) is 0 Å². The first-order valence-electron chi connectivity index (χ1n) is 11.7. The molecule has 0 spiro atoms. The van der Waals surface area contributed by atoms with Crippen LogP contribution in [-0.2, 0) is 24.4 Å². The molecule has 0 saturated carbocycles. The molecular weight excluding hydrogens is 476 g/mol. The molecule has 1 amide bonds. The molecular formula is C27H26N4O6.